The lowest BCUT2D eigenvalue weighted by molar-refractivity contribution is -0.131. The van der Waals surface area contributed by atoms with E-state index in [0.29, 0.717) is 36.0 Å². The van der Waals surface area contributed by atoms with Crippen LogP contribution in [0.4, 0.5) is 0 Å². The predicted molar refractivity (Wildman–Crippen MR) is 107 cm³/mol. The lowest BCUT2D eigenvalue weighted by Crippen LogP contribution is -2.51. The molecule has 2 aromatic rings. The number of benzene rings is 1. The lowest BCUT2D eigenvalue weighted by atomic mass is 10.1. The number of carbonyl (C=O) groups excluding carboxylic acids is 1. The van der Waals surface area contributed by atoms with Crippen LogP contribution in [0.3, 0.4) is 0 Å². The van der Waals surface area contributed by atoms with Crippen LogP contribution >= 0.6 is 0 Å². The second-order valence-electron chi connectivity index (χ2n) is 6.91. The Morgan fingerprint density at radius 2 is 1.76 bits per heavy atom. The average molecular weight is 423 g/mol. The van der Waals surface area contributed by atoms with E-state index in [9.17, 15) is 13.2 Å². The molecule has 0 spiro atoms. The molecule has 9 nitrogen and oxygen atoms in total. The third-order valence-corrected chi connectivity index (χ3v) is 7.22. The molecule has 1 N–H and O–H groups in total. The Morgan fingerprint density at radius 1 is 1.10 bits per heavy atom. The average Bonchev–Trinajstić information content (AvgIpc) is 3.06. The molecule has 0 unspecified atom stereocenters. The van der Waals surface area contributed by atoms with Crippen molar-refractivity contribution in [3.05, 3.63) is 35.2 Å². The normalized spacial score (nSPS) is 15.4. The summed E-state index contributed by atoms with van der Waals surface area (Å²) in [4.78, 5) is 14.6. The van der Waals surface area contributed by atoms with Crippen LogP contribution in [0, 0.1) is 13.8 Å². The Balaban J connectivity index is 1.64. The predicted octanol–water partition coefficient (Wildman–Crippen LogP) is 1.12. The largest absolute Gasteiger partial charge is 0.493 e. The third-order valence-electron chi connectivity index (χ3n) is 5.05. The molecule has 0 bridgehead atoms. The van der Waals surface area contributed by atoms with Crippen molar-refractivity contribution < 1.29 is 22.7 Å². The second kappa shape index (κ2) is 8.42. The summed E-state index contributed by atoms with van der Waals surface area (Å²) in [5.74, 6) is 1.12. The Hall–Kier alpha value is -2.59. The van der Waals surface area contributed by atoms with Gasteiger partial charge in [-0.2, -0.15) is 9.40 Å². The molecular weight excluding hydrogens is 396 g/mol. The molecule has 2 heterocycles. The van der Waals surface area contributed by atoms with Crippen molar-refractivity contribution in [2.24, 2.45) is 0 Å². The maximum absolute atomic E-state index is 12.9. The van der Waals surface area contributed by atoms with Gasteiger partial charge < -0.3 is 14.4 Å². The van der Waals surface area contributed by atoms with E-state index < -0.39 is 10.0 Å². The third kappa shape index (κ3) is 4.23. The number of ether oxygens (including phenoxy) is 2. The quantitative estimate of drug-likeness (QED) is 0.748. The van der Waals surface area contributed by atoms with E-state index >= 15 is 0 Å². The van der Waals surface area contributed by atoms with E-state index in [0.717, 1.165) is 5.56 Å². The Morgan fingerprint density at radius 3 is 2.31 bits per heavy atom. The van der Waals surface area contributed by atoms with Gasteiger partial charge in [0.15, 0.2) is 11.5 Å². The van der Waals surface area contributed by atoms with Gasteiger partial charge in [-0.1, -0.05) is 6.07 Å². The highest BCUT2D eigenvalue weighted by Gasteiger charge is 2.33. The summed E-state index contributed by atoms with van der Waals surface area (Å²) >= 11 is 0. The van der Waals surface area contributed by atoms with Crippen LogP contribution in [0.25, 0.3) is 0 Å². The molecule has 1 aromatic heterocycles. The van der Waals surface area contributed by atoms with Crippen molar-refractivity contribution in [2.45, 2.75) is 25.2 Å². The van der Waals surface area contributed by atoms with Crippen LogP contribution in [0.15, 0.2) is 23.1 Å². The fourth-order valence-electron chi connectivity index (χ4n) is 3.50. The number of nitrogens with zero attached hydrogens (tertiary/aromatic N) is 3. The van der Waals surface area contributed by atoms with Crippen LogP contribution in [0.1, 0.15) is 17.0 Å². The molecule has 1 amide bonds. The molecular formula is C19H26N4O5S. The highest BCUT2D eigenvalue weighted by atomic mass is 32.2. The Labute approximate surface area is 170 Å². The molecule has 0 aliphatic carbocycles. The van der Waals surface area contributed by atoms with Gasteiger partial charge in [0.1, 0.15) is 4.90 Å². The zero-order valence-electron chi connectivity index (χ0n) is 17.1. The fraction of sp³-hybridized carbons (Fsp3) is 0.474. The number of aryl methyl sites for hydroxylation is 2. The van der Waals surface area contributed by atoms with Gasteiger partial charge in [0, 0.05) is 26.2 Å². The number of H-pyrrole nitrogens is 1. The molecule has 158 valence electrons. The van der Waals surface area contributed by atoms with E-state index in [1.165, 1.54) is 4.31 Å². The number of hydrogen-bond acceptors (Lipinski definition) is 6. The van der Waals surface area contributed by atoms with Crippen molar-refractivity contribution in [1.29, 1.82) is 0 Å². The van der Waals surface area contributed by atoms with E-state index in [2.05, 4.69) is 10.2 Å². The number of sulfonamides is 1. The monoisotopic (exact) mass is 422 g/mol. The summed E-state index contributed by atoms with van der Waals surface area (Å²) in [5.41, 5.74) is 1.79. The summed E-state index contributed by atoms with van der Waals surface area (Å²) in [6.45, 7) is 4.56. The van der Waals surface area contributed by atoms with Gasteiger partial charge in [0.2, 0.25) is 15.9 Å². The summed E-state index contributed by atoms with van der Waals surface area (Å²) < 4.78 is 37.8. The number of rotatable bonds is 6. The van der Waals surface area contributed by atoms with Crippen LogP contribution in [-0.4, -0.2) is 74.1 Å². The van der Waals surface area contributed by atoms with Crippen LogP contribution in [0.5, 0.6) is 11.5 Å². The molecule has 1 aromatic carbocycles. The van der Waals surface area contributed by atoms with E-state index in [-0.39, 0.29) is 30.3 Å². The molecule has 10 heteroatoms. The van der Waals surface area contributed by atoms with Crippen LogP contribution in [0.2, 0.25) is 0 Å². The molecule has 0 atom stereocenters. The van der Waals surface area contributed by atoms with Crippen LogP contribution < -0.4 is 9.47 Å². The molecule has 1 saturated heterocycles. The highest BCUT2D eigenvalue weighted by molar-refractivity contribution is 7.89. The summed E-state index contributed by atoms with van der Waals surface area (Å²) in [6, 6.07) is 5.37. The van der Waals surface area contributed by atoms with Gasteiger partial charge in [-0.05, 0) is 31.5 Å². The van der Waals surface area contributed by atoms with E-state index in [4.69, 9.17) is 9.47 Å². The number of aromatic amines is 1. The first-order valence-corrected chi connectivity index (χ1v) is 10.7. The number of aromatic nitrogens is 2. The maximum atomic E-state index is 12.9. The van der Waals surface area contributed by atoms with E-state index in [1.54, 1.807) is 45.1 Å². The SMILES string of the molecule is COc1ccc(CC(=O)N2CCN(S(=O)(=O)c3c(C)n[nH]c3C)CC2)cc1OC. The minimum atomic E-state index is -3.63. The number of amides is 1. The second-order valence-corrected chi connectivity index (χ2v) is 8.79. The van der Waals surface area contributed by atoms with Gasteiger partial charge in [-0.3, -0.25) is 9.89 Å². The Bertz CT molecular complexity index is 975. The van der Waals surface area contributed by atoms with Gasteiger partial charge in [-0.15, -0.1) is 0 Å². The Kier molecular flexibility index (Phi) is 6.13. The first-order chi connectivity index (χ1) is 13.8. The van der Waals surface area contributed by atoms with Gasteiger partial charge in [-0.25, -0.2) is 8.42 Å². The van der Waals surface area contributed by atoms with Crippen LogP contribution in [-0.2, 0) is 21.2 Å². The van der Waals surface area contributed by atoms with Crippen molar-refractivity contribution in [2.75, 3.05) is 40.4 Å². The topological polar surface area (TPSA) is 105 Å². The van der Waals surface area contributed by atoms with E-state index in [1.807, 2.05) is 6.07 Å². The number of nitrogens with one attached hydrogen (secondary N) is 1. The van der Waals surface area contributed by atoms with Gasteiger partial charge in [0.05, 0.1) is 32.0 Å². The van der Waals surface area contributed by atoms with Crippen molar-refractivity contribution in [3.8, 4) is 11.5 Å². The summed E-state index contributed by atoms with van der Waals surface area (Å²) in [7, 11) is -0.527. The van der Waals surface area contributed by atoms with Crippen molar-refractivity contribution in [3.63, 3.8) is 0 Å². The molecule has 0 radical (unpaired) electrons. The molecule has 29 heavy (non-hydrogen) atoms. The number of methoxy groups -OCH3 is 2. The first kappa shape index (κ1) is 21.1. The number of piperazine rings is 1. The number of carbonyl (C=O) groups is 1. The minimum Gasteiger partial charge on any atom is -0.493 e. The number of hydrogen-bond donors (Lipinski definition) is 1. The van der Waals surface area contributed by atoms with Crippen molar-refractivity contribution in [1.82, 2.24) is 19.4 Å². The zero-order valence-corrected chi connectivity index (χ0v) is 17.9. The highest BCUT2D eigenvalue weighted by Crippen LogP contribution is 2.28. The smallest absolute Gasteiger partial charge is 0.246 e. The molecule has 1 aliphatic rings. The molecule has 0 saturated carbocycles. The summed E-state index contributed by atoms with van der Waals surface area (Å²) in [6.07, 6.45) is 0.215. The first-order valence-electron chi connectivity index (χ1n) is 9.28. The maximum Gasteiger partial charge on any atom is 0.246 e. The molecule has 3 rings (SSSR count). The van der Waals surface area contributed by atoms with Crippen molar-refractivity contribution >= 4 is 15.9 Å². The fourth-order valence-corrected chi connectivity index (χ4v) is 5.26. The van der Waals surface area contributed by atoms with Gasteiger partial charge in [0.25, 0.3) is 0 Å². The standard InChI is InChI=1S/C19H26N4O5S/c1-13-19(14(2)21-20-13)29(25,26)23-9-7-22(8-10-23)18(24)12-15-5-6-16(27-3)17(11-15)28-4/h5-6,11H,7-10,12H2,1-4H3,(H,20,21). The zero-order chi connectivity index (χ0) is 21.2. The van der Waals surface area contributed by atoms with Gasteiger partial charge >= 0.3 is 0 Å². The lowest BCUT2D eigenvalue weighted by Gasteiger charge is -2.34. The summed E-state index contributed by atoms with van der Waals surface area (Å²) in [5, 5.41) is 6.69. The molecule has 1 aliphatic heterocycles. The minimum absolute atomic E-state index is 0.0510. The molecule has 1 fully saturated rings.